The predicted octanol–water partition coefficient (Wildman–Crippen LogP) is 1.94. The summed E-state index contributed by atoms with van der Waals surface area (Å²) < 4.78 is 15.5. The summed E-state index contributed by atoms with van der Waals surface area (Å²) in [5, 5.41) is 7.16. The fourth-order valence-corrected chi connectivity index (χ4v) is 1.96. The van der Waals surface area contributed by atoms with Crippen molar-refractivity contribution in [3.8, 4) is 0 Å². The zero-order valence-corrected chi connectivity index (χ0v) is 10.8. The molecule has 6 heteroatoms. The first-order valence-electron chi connectivity index (χ1n) is 6.28. The van der Waals surface area contributed by atoms with Gasteiger partial charge >= 0.3 is 0 Å². The second kappa shape index (κ2) is 5.26. The largest absolute Gasteiger partial charge is 0.366 e. The van der Waals surface area contributed by atoms with E-state index in [1.165, 1.54) is 6.07 Å². The number of halogens is 1. The number of benzene rings is 1. The van der Waals surface area contributed by atoms with Crippen LogP contribution in [0.25, 0.3) is 5.65 Å². The third-order valence-electron chi connectivity index (χ3n) is 3.07. The topological polar surface area (TPSA) is 68.2 Å². The van der Waals surface area contributed by atoms with Crippen LogP contribution in [0.15, 0.2) is 42.7 Å². The standard InChI is InChI=1S/C14H14FN5/c15-12-7-10(8-16)1-2-11(12)9-17-13-4-6-20-14(19-13)3-5-18-20/h1-7H,8-9,16H2,(H,17,19). The zero-order chi connectivity index (χ0) is 13.9. The van der Waals surface area contributed by atoms with E-state index in [0.29, 0.717) is 24.5 Å². The third kappa shape index (κ3) is 2.46. The van der Waals surface area contributed by atoms with E-state index in [9.17, 15) is 4.39 Å². The summed E-state index contributed by atoms with van der Waals surface area (Å²) in [6.45, 7) is 0.706. The smallest absolute Gasteiger partial charge is 0.157 e. The van der Waals surface area contributed by atoms with Crippen LogP contribution in [0.5, 0.6) is 0 Å². The summed E-state index contributed by atoms with van der Waals surface area (Å²) in [5.41, 5.74) is 7.58. The van der Waals surface area contributed by atoms with Crippen molar-refractivity contribution in [2.45, 2.75) is 13.1 Å². The molecule has 0 radical (unpaired) electrons. The van der Waals surface area contributed by atoms with Gasteiger partial charge in [0.2, 0.25) is 0 Å². The van der Waals surface area contributed by atoms with Crippen LogP contribution < -0.4 is 11.1 Å². The van der Waals surface area contributed by atoms with Crippen molar-refractivity contribution in [3.63, 3.8) is 0 Å². The molecule has 0 aliphatic heterocycles. The van der Waals surface area contributed by atoms with Gasteiger partial charge in [0, 0.05) is 30.9 Å². The van der Waals surface area contributed by atoms with Gasteiger partial charge in [-0.1, -0.05) is 12.1 Å². The third-order valence-corrected chi connectivity index (χ3v) is 3.07. The van der Waals surface area contributed by atoms with Crippen molar-refractivity contribution in [3.05, 3.63) is 59.7 Å². The summed E-state index contributed by atoms with van der Waals surface area (Å²) >= 11 is 0. The second-order valence-electron chi connectivity index (χ2n) is 4.43. The summed E-state index contributed by atoms with van der Waals surface area (Å²) in [7, 11) is 0. The summed E-state index contributed by atoms with van der Waals surface area (Å²) in [6.07, 6.45) is 3.48. The van der Waals surface area contributed by atoms with E-state index in [-0.39, 0.29) is 5.82 Å². The van der Waals surface area contributed by atoms with Crippen molar-refractivity contribution in [1.82, 2.24) is 14.6 Å². The van der Waals surface area contributed by atoms with Gasteiger partial charge in [-0.15, -0.1) is 0 Å². The molecule has 0 aliphatic carbocycles. The highest BCUT2D eigenvalue weighted by Crippen LogP contribution is 2.13. The second-order valence-corrected chi connectivity index (χ2v) is 4.43. The first kappa shape index (κ1) is 12.6. The van der Waals surface area contributed by atoms with Gasteiger partial charge in [-0.3, -0.25) is 0 Å². The molecule has 0 spiro atoms. The molecule has 0 fully saturated rings. The highest BCUT2D eigenvalue weighted by atomic mass is 19.1. The Morgan fingerprint density at radius 3 is 2.95 bits per heavy atom. The number of rotatable bonds is 4. The van der Waals surface area contributed by atoms with Crippen LogP contribution in [0.1, 0.15) is 11.1 Å². The molecule has 0 saturated heterocycles. The van der Waals surface area contributed by atoms with Gasteiger partial charge in [0.15, 0.2) is 5.65 Å². The number of nitrogens with one attached hydrogen (secondary N) is 1. The molecule has 1 aromatic carbocycles. The molecule has 0 bridgehead atoms. The molecule has 102 valence electrons. The molecular weight excluding hydrogens is 257 g/mol. The average Bonchev–Trinajstić information content (AvgIpc) is 2.93. The zero-order valence-electron chi connectivity index (χ0n) is 10.8. The van der Waals surface area contributed by atoms with E-state index < -0.39 is 0 Å². The Hall–Kier alpha value is -2.47. The van der Waals surface area contributed by atoms with E-state index in [1.54, 1.807) is 29.0 Å². The summed E-state index contributed by atoms with van der Waals surface area (Å²) in [6, 6.07) is 8.63. The molecule has 0 saturated carbocycles. The highest BCUT2D eigenvalue weighted by molar-refractivity contribution is 5.45. The Balaban J connectivity index is 1.75. The van der Waals surface area contributed by atoms with Gasteiger partial charge in [-0.05, 0) is 17.7 Å². The number of fused-ring (bicyclic) bond motifs is 1. The number of nitrogens with two attached hydrogens (primary N) is 1. The molecule has 5 nitrogen and oxygen atoms in total. The fraction of sp³-hybridized carbons (Fsp3) is 0.143. The Labute approximate surface area is 115 Å². The maximum Gasteiger partial charge on any atom is 0.157 e. The van der Waals surface area contributed by atoms with Gasteiger partial charge in [-0.2, -0.15) is 5.10 Å². The van der Waals surface area contributed by atoms with Crippen molar-refractivity contribution in [1.29, 1.82) is 0 Å². The Morgan fingerprint density at radius 2 is 2.15 bits per heavy atom. The predicted molar refractivity (Wildman–Crippen MR) is 74.6 cm³/mol. The van der Waals surface area contributed by atoms with Crippen molar-refractivity contribution in [2.75, 3.05) is 5.32 Å². The molecular formula is C14H14FN5. The van der Waals surface area contributed by atoms with E-state index in [2.05, 4.69) is 15.4 Å². The quantitative estimate of drug-likeness (QED) is 0.761. The van der Waals surface area contributed by atoms with Crippen LogP contribution in [0.4, 0.5) is 10.2 Å². The lowest BCUT2D eigenvalue weighted by atomic mass is 10.1. The van der Waals surface area contributed by atoms with E-state index >= 15 is 0 Å². The number of hydrogen-bond donors (Lipinski definition) is 2. The monoisotopic (exact) mass is 271 g/mol. The highest BCUT2D eigenvalue weighted by Gasteiger charge is 2.04. The number of hydrogen-bond acceptors (Lipinski definition) is 4. The summed E-state index contributed by atoms with van der Waals surface area (Å²) in [5.74, 6) is 0.422. The molecule has 3 N–H and O–H groups in total. The average molecular weight is 271 g/mol. The maximum atomic E-state index is 13.8. The molecule has 3 aromatic rings. The van der Waals surface area contributed by atoms with Gasteiger partial charge in [0.1, 0.15) is 11.6 Å². The minimum Gasteiger partial charge on any atom is -0.366 e. The minimum atomic E-state index is -0.258. The first-order valence-corrected chi connectivity index (χ1v) is 6.28. The normalized spacial score (nSPS) is 10.9. The number of aromatic nitrogens is 3. The molecule has 0 atom stereocenters. The van der Waals surface area contributed by atoms with Crippen LogP contribution >= 0.6 is 0 Å². The van der Waals surface area contributed by atoms with Crippen LogP contribution in [0.2, 0.25) is 0 Å². The lowest BCUT2D eigenvalue weighted by molar-refractivity contribution is 0.610. The summed E-state index contributed by atoms with van der Waals surface area (Å²) in [4.78, 5) is 4.36. The van der Waals surface area contributed by atoms with Crippen LogP contribution in [0.3, 0.4) is 0 Å². The van der Waals surface area contributed by atoms with E-state index in [4.69, 9.17) is 5.73 Å². The van der Waals surface area contributed by atoms with Crippen molar-refractivity contribution in [2.24, 2.45) is 5.73 Å². The van der Waals surface area contributed by atoms with Crippen molar-refractivity contribution >= 4 is 11.5 Å². The lowest BCUT2D eigenvalue weighted by Gasteiger charge is -2.08. The van der Waals surface area contributed by atoms with Gasteiger partial charge in [0.25, 0.3) is 0 Å². The minimum absolute atomic E-state index is 0.258. The van der Waals surface area contributed by atoms with Gasteiger partial charge < -0.3 is 11.1 Å². The molecule has 2 heterocycles. The van der Waals surface area contributed by atoms with E-state index in [0.717, 1.165) is 11.2 Å². The van der Waals surface area contributed by atoms with Gasteiger partial charge in [0.05, 0.1) is 6.20 Å². The van der Waals surface area contributed by atoms with Crippen LogP contribution in [-0.2, 0) is 13.1 Å². The van der Waals surface area contributed by atoms with Crippen molar-refractivity contribution < 1.29 is 4.39 Å². The maximum absolute atomic E-state index is 13.8. The van der Waals surface area contributed by atoms with Crippen LogP contribution in [-0.4, -0.2) is 14.6 Å². The number of anilines is 1. The Bertz CT molecular complexity index is 737. The molecule has 20 heavy (non-hydrogen) atoms. The molecule has 0 amide bonds. The molecule has 0 unspecified atom stereocenters. The fourth-order valence-electron chi connectivity index (χ4n) is 1.96. The first-order chi connectivity index (χ1) is 9.76. The number of nitrogens with zero attached hydrogens (tertiary/aromatic N) is 3. The van der Waals surface area contributed by atoms with Gasteiger partial charge in [-0.25, -0.2) is 13.9 Å². The Kier molecular flexibility index (Phi) is 3.30. The molecule has 3 rings (SSSR count). The lowest BCUT2D eigenvalue weighted by Crippen LogP contribution is -2.05. The molecule has 2 aromatic heterocycles. The Morgan fingerprint density at radius 1 is 1.25 bits per heavy atom. The van der Waals surface area contributed by atoms with Crippen LogP contribution in [0, 0.1) is 5.82 Å². The molecule has 0 aliphatic rings. The SMILES string of the molecule is NCc1ccc(CNc2ccn3nccc3n2)c(F)c1. The van der Waals surface area contributed by atoms with E-state index in [1.807, 2.05) is 12.1 Å².